The van der Waals surface area contributed by atoms with E-state index < -0.39 is 0 Å². The van der Waals surface area contributed by atoms with Crippen LogP contribution in [0.15, 0.2) is 23.9 Å². The zero-order valence-corrected chi connectivity index (χ0v) is 6.72. The average Bonchev–Trinajstić information content (AvgIpc) is 1.90. The lowest BCUT2D eigenvalue weighted by atomic mass is 9.88. The van der Waals surface area contributed by atoms with Gasteiger partial charge in [-0.1, -0.05) is 26.0 Å². The number of rotatable bonds is 0. The van der Waals surface area contributed by atoms with Crippen LogP contribution in [-0.2, 0) is 0 Å². The van der Waals surface area contributed by atoms with Gasteiger partial charge in [0.2, 0.25) is 0 Å². The zero-order chi connectivity index (χ0) is 7.61. The van der Waals surface area contributed by atoms with Gasteiger partial charge in [-0.05, 0) is 24.3 Å². The molecule has 0 fully saturated rings. The minimum absolute atomic E-state index is 0.285. The average molecular weight is 137 g/mol. The van der Waals surface area contributed by atoms with Crippen molar-refractivity contribution in [2.75, 3.05) is 0 Å². The van der Waals surface area contributed by atoms with Crippen molar-refractivity contribution in [1.82, 2.24) is 0 Å². The Kier molecular flexibility index (Phi) is 1.84. The molecule has 0 saturated carbocycles. The molecule has 0 atom stereocenters. The summed E-state index contributed by atoms with van der Waals surface area (Å²) >= 11 is 0. The van der Waals surface area contributed by atoms with Gasteiger partial charge in [-0.15, -0.1) is 0 Å². The first-order valence-corrected chi connectivity index (χ1v) is 3.75. The van der Waals surface area contributed by atoms with Crippen molar-refractivity contribution in [3.8, 4) is 0 Å². The summed E-state index contributed by atoms with van der Waals surface area (Å²) in [5.41, 5.74) is 6.88. The summed E-state index contributed by atoms with van der Waals surface area (Å²) in [7, 11) is 0. The van der Waals surface area contributed by atoms with Crippen LogP contribution in [0.1, 0.15) is 26.7 Å². The first-order chi connectivity index (χ1) is 4.60. The van der Waals surface area contributed by atoms with Crippen molar-refractivity contribution < 1.29 is 0 Å². The summed E-state index contributed by atoms with van der Waals surface area (Å²) in [4.78, 5) is 0. The molecular weight excluding hydrogens is 122 g/mol. The molecule has 56 valence electrons. The van der Waals surface area contributed by atoms with Crippen molar-refractivity contribution in [1.29, 1.82) is 0 Å². The molecular formula is C9H15N. The maximum atomic E-state index is 5.68. The van der Waals surface area contributed by atoms with Crippen LogP contribution in [0.3, 0.4) is 0 Å². The maximum absolute atomic E-state index is 5.68. The summed E-state index contributed by atoms with van der Waals surface area (Å²) in [6, 6.07) is 0. The second kappa shape index (κ2) is 2.49. The Labute approximate surface area is 62.6 Å². The lowest BCUT2D eigenvalue weighted by Crippen LogP contribution is -2.08. The smallest absolute Gasteiger partial charge is 0.0275 e. The summed E-state index contributed by atoms with van der Waals surface area (Å²) in [5.74, 6) is 0. The predicted octanol–water partition coefficient (Wildman–Crippen LogP) is 2.21. The molecule has 0 amide bonds. The van der Waals surface area contributed by atoms with Crippen LogP contribution in [0.4, 0.5) is 0 Å². The van der Waals surface area contributed by atoms with Crippen LogP contribution in [-0.4, -0.2) is 0 Å². The fourth-order valence-corrected chi connectivity index (χ4v) is 1.25. The molecule has 1 rings (SSSR count). The van der Waals surface area contributed by atoms with E-state index in [0.29, 0.717) is 0 Å². The third-order valence-electron chi connectivity index (χ3n) is 1.82. The van der Waals surface area contributed by atoms with Crippen molar-refractivity contribution in [3.05, 3.63) is 23.9 Å². The topological polar surface area (TPSA) is 26.0 Å². The number of hydrogen-bond acceptors (Lipinski definition) is 1. The predicted molar refractivity (Wildman–Crippen MR) is 44.4 cm³/mol. The van der Waals surface area contributed by atoms with E-state index in [0.717, 1.165) is 12.1 Å². The van der Waals surface area contributed by atoms with E-state index in [1.165, 1.54) is 6.42 Å². The van der Waals surface area contributed by atoms with Crippen molar-refractivity contribution in [2.45, 2.75) is 26.7 Å². The highest BCUT2D eigenvalue weighted by atomic mass is 14.6. The van der Waals surface area contributed by atoms with Gasteiger partial charge in [-0.3, -0.25) is 0 Å². The van der Waals surface area contributed by atoms with E-state index in [-0.39, 0.29) is 5.41 Å². The maximum Gasteiger partial charge on any atom is 0.0275 e. The Bertz CT molecular complexity index is 175. The Morgan fingerprint density at radius 1 is 1.50 bits per heavy atom. The molecule has 10 heavy (non-hydrogen) atoms. The minimum Gasteiger partial charge on any atom is -0.399 e. The van der Waals surface area contributed by atoms with E-state index in [1.807, 2.05) is 6.08 Å². The molecule has 1 aliphatic rings. The van der Waals surface area contributed by atoms with E-state index in [2.05, 4.69) is 26.0 Å². The molecule has 0 radical (unpaired) electrons. The Hall–Kier alpha value is -0.720. The zero-order valence-electron chi connectivity index (χ0n) is 6.72. The van der Waals surface area contributed by atoms with E-state index in [4.69, 9.17) is 5.73 Å². The van der Waals surface area contributed by atoms with Crippen LogP contribution in [0.2, 0.25) is 0 Å². The summed E-state index contributed by atoms with van der Waals surface area (Å²) < 4.78 is 0. The quantitative estimate of drug-likeness (QED) is 0.544. The highest BCUT2D eigenvalue weighted by molar-refractivity contribution is 5.19. The third-order valence-corrected chi connectivity index (χ3v) is 1.82. The van der Waals surface area contributed by atoms with Gasteiger partial charge in [0.1, 0.15) is 0 Å². The molecule has 0 aliphatic heterocycles. The van der Waals surface area contributed by atoms with Gasteiger partial charge in [0.15, 0.2) is 0 Å². The molecule has 1 aliphatic carbocycles. The van der Waals surface area contributed by atoms with E-state index >= 15 is 0 Å². The van der Waals surface area contributed by atoms with Crippen molar-refractivity contribution in [2.24, 2.45) is 11.1 Å². The fraction of sp³-hybridized carbons (Fsp3) is 0.556. The summed E-state index contributed by atoms with van der Waals surface area (Å²) in [6.07, 6.45) is 8.61. The van der Waals surface area contributed by atoms with Gasteiger partial charge in [0, 0.05) is 5.70 Å². The minimum atomic E-state index is 0.285. The van der Waals surface area contributed by atoms with Gasteiger partial charge in [-0.25, -0.2) is 0 Å². The molecule has 1 nitrogen and oxygen atoms in total. The second-order valence-electron chi connectivity index (χ2n) is 3.57. The van der Waals surface area contributed by atoms with E-state index in [9.17, 15) is 0 Å². The Morgan fingerprint density at radius 2 is 2.20 bits per heavy atom. The van der Waals surface area contributed by atoms with Crippen molar-refractivity contribution in [3.63, 3.8) is 0 Å². The molecule has 0 unspecified atom stereocenters. The van der Waals surface area contributed by atoms with Crippen LogP contribution < -0.4 is 5.73 Å². The molecule has 0 spiro atoms. The van der Waals surface area contributed by atoms with Crippen molar-refractivity contribution >= 4 is 0 Å². The fourth-order valence-electron chi connectivity index (χ4n) is 1.25. The molecule has 0 heterocycles. The van der Waals surface area contributed by atoms with Gasteiger partial charge in [-0.2, -0.15) is 0 Å². The third kappa shape index (κ3) is 1.90. The number of nitrogens with two attached hydrogens (primary N) is 1. The highest BCUT2D eigenvalue weighted by Gasteiger charge is 2.14. The van der Waals surface area contributed by atoms with Gasteiger partial charge in [0.25, 0.3) is 0 Å². The first-order valence-electron chi connectivity index (χ1n) is 3.75. The van der Waals surface area contributed by atoms with Crippen LogP contribution in [0.25, 0.3) is 0 Å². The standard InChI is InChI=1S/C9H15N/c1-9(2)6-4-3-5-8(10)7-9/h3,5,7H,4,6,10H2,1-2H3. The molecule has 0 bridgehead atoms. The number of allylic oxidation sites excluding steroid dienone is 3. The first kappa shape index (κ1) is 7.39. The van der Waals surface area contributed by atoms with Gasteiger partial charge < -0.3 is 5.73 Å². The second-order valence-corrected chi connectivity index (χ2v) is 3.57. The van der Waals surface area contributed by atoms with Crippen LogP contribution in [0.5, 0.6) is 0 Å². The monoisotopic (exact) mass is 137 g/mol. The molecule has 0 saturated heterocycles. The molecule has 0 aromatic rings. The molecule has 1 heteroatoms. The molecule has 0 aromatic carbocycles. The lowest BCUT2D eigenvalue weighted by molar-refractivity contribution is 0.443. The number of hydrogen-bond donors (Lipinski definition) is 1. The van der Waals surface area contributed by atoms with Gasteiger partial charge in [0.05, 0.1) is 0 Å². The SMILES string of the molecule is CC1(C)C=C(N)C=CCC1. The normalized spacial score (nSPS) is 23.6. The van der Waals surface area contributed by atoms with Crippen LogP contribution in [0, 0.1) is 5.41 Å². The lowest BCUT2D eigenvalue weighted by Gasteiger charge is -2.17. The molecule has 0 aromatic heterocycles. The van der Waals surface area contributed by atoms with E-state index in [1.54, 1.807) is 0 Å². The summed E-state index contributed by atoms with van der Waals surface area (Å²) in [5, 5.41) is 0. The van der Waals surface area contributed by atoms with Crippen LogP contribution >= 0.6 is 0 Å². The molecule has 2 N–H and O–H groups in total. The largest absolute Gasteiger partial charge is 0.399 e. The highest BCUT2D eigenvalue weighted by Crippen LogP contribution is 2.27. The Balaban J connectivity index is 2.78. The summed E-state index contributed by atoms with van der Waals surface area (Å²) in [6.45, 7) is 4.43. The Morgan fingerprint density at radius 3 is 2.90 bits per heavy atom. The van der Waals surface area contributed by atoms with Gasteiger partial charge >= 0.3 is 0 Å².